The summed E-state index contributed by atoms with van der Waals surface area (Å²) in [7, 11) is 0. The van der Waals surface area contributed by atoms with Gasteiger partial charge in [-0.05, 0) is 36.2 Å². The zero-order chi connectivity index (χ0) is 19.1. The second kappa shape index (κ2) is 9.73. The van der Waals surface area contributed by atoms with Crippen molar-refractivity contribution in [2.75, 3.05) is 5.32 Å². The molecular weight excluding hydrogens is 402 g/mol. The number of halogens is 1. The van der Waals surface area contributed by atoms with Gasteiger partial charge in [-0.15, -0.1) is 10.2 Å². The molecule has 0 aliphatic rings. The average molecular weight is 420 g/mol. The molecule has 3 aromatic rings. The fourth-order valence-corrected chi connectivity index (χ4v) is 4.06. The molecule has 2 aromatic carbocycles. The third kappa shape index (κ3) is 5.95. The van der Waals surface area contributed by atoms with Crippen LogP contribution in [0.3, 0.4) is 0 Å². The molecule has 8 heteroatoms. The van der Waals surface area contributed by atoms with Crippen LogP contribution in [0.15, 0.2) is 58.9 Å². The molecule has 1 aromatic heterocycles. The van der Waals surface area contributed by atoms with E-state index in [1.807, 2.05) is 25.1 Å². The molecule has 0 radical (unpaired) electrons. The molecule has 0 fully saturated rings. The maximum absolute atomic E-state index is 12.5. The van der Waals surface area contributed by atoms with Crippen molar-refractivity contribution in [1.29, 1.82) is 0 Å². The van der Waals surface area contributed by atoms with Crippen molar-refractivity contribution in [3.8, 4) is 5.75 Å². The predicted molar refractivity (Wildman–Crippen MR) is 111 cm³/mol. The highest BCUT2D eigenvalue weighted by molar-refractivity contribution is 8.00. The summed E-state index contributed by atoms with van der Waals surface area (Å²) in [4.78, 5) is 12.5. The number of rotatable bonds is 8. The Morgan fingerprint density at radius 3 is 2.63 bits per heavy atom. The number of ether oxygens (including phenoxy) is 1. The van der Waals surface area contributed by atoms with Crippen molar-refractivity contribution >= 4 is 45.7 Å². The molecule has 0 unspecified atom stereocenters. The molecule has 0 saturated heterocycles. The van der Waals surface area contributed by atoms with Crippen LogP contribution in [0.4, 0.5) is 5.13 Å². The SMILES string of the molecule is CC[C@H](Oc1ccc(Cl)cc1)C(=O)Nc1nnc(SCc2ccccc2)s1. The van der Waals surface area contributed by atoms with E-state index >= 15 is 0 Å². The number of anilines is 1. The fraction of sp³-hybridized carbons (Fsp3) is 0.211. The summed E-state index contributed by atoms with van der Waals surface area (Å²) in [6, 6.07) is 17.1. The van der Waals surface area contributed by atoms with Crippen LogP contribution in [-0.2, 0) is 10.5 Å². The Morgan fingerprint density at radius 2 is 1.93 bits per heavy atom. The van der Waals surface area contributed by atoms with Crippen molar-refractivity contribution < 1.29 is 9.53 Å². The minimum Gasteiger partial charge on any atom is -0.481 e. The van der Waals surface area contributed by atoms with Gasteiger partial charge in [0.25, 0.3) is 5.91 Å². The van der Waals surface area contributed by atoms with E-state index in [-0.39, 0.29) is 5.91 Å². The molecule has 27 heavy (non-hydrogen) atoms. The van der Waals surface area contributed by atoms with Gasteiger partial charge in [-0.2, -0.15) is 0 Å². The highest BCUT2D eigenvalue weighted by Crippen LogP contribution is 2.28. The molecule has 3 rings (SSSR count). The van der Waals surface area contributed by atoms with E-state index in [0.29, 0.717) is 22.3 Å². The topological polar surface area (TPSA) is 64.1 Å². The van der Waals surface area contributed by atoms with Gasteiger partial charge in [-0.3, -0.25) is 10.1 Å². The molecule has 1 N–H and O–H groups in total. The number of carbonyl (C=O) groups is 1. The lowest BCUT2D eigenvalue weighted by Gasteiger charge is -2.16. The van der Waals surface area contributed by atoms with Crippen LogP contribution in [0, 0.1) is 0 Å². The number of aromatic nitrogens is 2. The third-order valence-corrected chi connectivity index (χ3v) is 5.89. The van der Waals surface area contributed by atoms with E-state index in [2.05, 4.69) is 27.6 Å². The number of hydrogen-bond donors (Lipinski definition) is 1. The van der Waals surface area contributed by atoms with E-state index in [0.717, 1.165) is 10.1 Å². The van der Waals surface area contributed by atoms with Gasteiger partial charge in [-0.1, -0.05) is 72.0 Å². The Kier molecular flexibility index (Phi) is 7.09. The summed E-state index contributed by atoms with van der Waals surface area (Å²) < 4.78 is 6.55. The lowest BCUT2D eigenvalue weighted by Crippen LogP contribution is -2.32. The van der Waals surface area contributed by atoms with Gasteiger partial charge < -0.3 is 4.74 Å². The van der Waals surface area contributed by atoms with Crippen LogP contribution >= 0.6 is 34.7 Å². The van der Waals surface area contributed by atoms with Crippen LogP contribution in [0.25, 0.3) is 0 Å². The summed E-state index contributed by atoms with van der Waals surface area (Å²) >= 11 is 8.81. The molecular formula is C19H18ClN3O2S2. The average Bonchev–Trinajstić information content (AvgIpc) is 3.14. The quantitative estimate of drug-likeness (QED) is 0.397. The smallest absolute Gasteiger partial charge is 0.267 e. The van der Waals surface area contributed by atoms with E-state index in [1.54, 1.807) is 36.0 Å². The van der Waals surface area contributed by atoms with Gasteiger partial charge in [0.05, 0.1) is 0 Å². The molecule has 1 heterocycles. The number of hydrogen-bond acceptors (Lipinski definition) is 6. The van der Waals surface area contributed by atoms with Crippen LogP contribution in [-0.4, -0.2) is 22.2 Å². The highest BCUT2D eigenvalue weighted by Gasteiger charge is 2.20. The summed E-state index contributed by atoms with van der Waals surface area (Å²) in [5, 5.41) is 12.0. The van der Waals surface area contributed by atoms with Crippen LogP contribution in [0.2, 0.25) is 5.02 Å². The molecule has 0 bridgehead atoms. The summed E-state index contributed by atoms with van der Waals surface area (Å²) in [5.41, 5.74) is 1.21. The maximum Gasteiger partial charge on any atom is 0.267 e. The van der Waals surface area contributed by atoms with Crippen molar-refractivity contribution in [3.05, 3.63) is 65.2 Å². The Balaban J connectivity index is 1.54. The number of nitrogens with one attached hydrogen (secondary N) is 1. The highest BCUT2D eigenvalue weighted by atomic mass is 35.5. The number of amides is 1. The van der Waals surface area contributed by atoms with E-state index in [1.165, 1.54) is 16.9 Å². The Bertz CT molecular complexity index is 872. The van der Waals surface area contributed by atoms with Crippen LogP contribution < -0.4 is 10.1 Å². The first kappa shape index (κ1) is 19.7. The molecule has 1 atom stereocenters. The summed E-state index contributed by atoms with van der Waals surface area (Å²) in [6.45, 7) is 1.89. The largest absolute Gasteiger partial charge is 0.481 e. The second-order valence-corrected chi connectivity index (χ2v) is 8.24. The molecule has 0 spiro atoms. The summed E-state index contributed by atoms with van der Waals surface area (Å²) in [6.07, 6.45) is -0.0846. The number of benzene rings is 2. The molecule has 0 aliphatic carbocycles. The van der Waals surface area contributed by atoms with E-state index in [9.17, 15) is 4.79 Å². The van der Waals surface area contributed by atoms with Crippen molar-refractivity contribution in [1.82, 2.24) is 10.2 Å². The Hall–Kier alpha value is -2.09. The third-order valence-electron chi connectivity index (χ3n) is 3.60. The molecule has 1 amide bonds. The Morgan fingerprint density at radius 1 is 1.19 bits per heavy atom. The normalized spacial score (nSPS) is 11.8. The van der Waals surface area contributed by atoms with Gasteiger partial charge in [0, 0.05) is 10.8 Å². The first-order valence-corrected chi connectivity index (χ1v) is 10.6. The minimum absolute atomic E-state index is 0.247. The molecule has 140 valence electrons. The van der Waals surface area contributed by atoms with Crippen LogP contribution in [0.1, 0.15) is 18.9 Å². The van der Waals surface area contributed by atoms with Crippen LogP contribution in [0.5, 0.6) is 5.75 Å². The van der Waals surface area contributed by atoms with Gasteiger partial charge in [0.2, 0.25) is 5.13 Å². The van der Waals surface area contributed by atoms with Gasteiger partial charge in [0.1, 0.15) is 5.75 Å². The second-order valence-electron chi connectivity index (χ2n) is 5.61. The predicted octanol–water partition coefficient (Wildman–Crippen LogP) is 5.28. The van der Waals surface area contributed by atoms with Gasteiger partial charge >= 0.3 is 0 Å². The zero-order valence-corrected chi connectivity index (χ0v) is 17.0. The summed E-state index contributed by atoms with van der Waals surface area (Å²) in [5.74, 6) is 1.15. The lowest BCUT2D eigenvalue weighted by molar-refractivity contribution is -0.122. The van der Waals surface area contributed by atoms with Crippen molar-refractivity contribution in [2.24, 2.45) is 0 Å². The van der Waals surface area contributed by atoms with E-state index < -0.39 is 6.10 Å². The first-order chi connectivity index (χ1) is 13.1. The molecule has 0 saturated carbocycles. The number of thioether (sulfide) groups is 1. The Labute approximate surface area is 171 Å². The monoisotopic (exact) mass is 419 g/mol. The van der Waals surface area contributed by atoms with Crippen molar-refractivity contribution in [3.63, 3.8) is 0 Å². The zero-order valence-electron chi connectivity index (χ0n) is 14.6. The maximum atomic E-state index is 12.5. The first-order valence-electron chi connectivity index (χ1n) is 8.37. The van der Waals surface area contributed by atoms with E-state index in [4.69, 9.17) is 16.3 Å². The molecule has 0 aliphatic heterocycles. The fourth-order valence-electron chi connectivity index (χ4n) is 2.22. The number of carbonyl (C=O) groups excluding carboxylic acids is 1. The standard InChI is InChI=1S/C19H18ClN3O2S2/c1-2-16(25-15-10-8-14(20)9-11-15)17(24)21-18-22-23-19(27-18)26-12-13-6-4-3-5-7-13/h3-11,16H,2,12H2,1H3,(H,21,22,24)/t16-/m0/s1. The molecule has 5 nitrogen and oxygen atoms in total. The lowest BCUT2D eigenvalue weighted by atomic mass is 10.2. The van der Waals surface area contributed by atoms with Crippen molar-refractivity contribution in [2.45, 2.75) is 29.5 Å². The minimum atomic E-state index is -0.615. The van der Waals surface area contributed by atoms with Gasteiger partial charge in [-0.25, -0.2) is 0 Å². The number of nitrogens with zero attached hydrogens (tertiary/aromatic N) is 2. The van der Waals surface area contributed by atoms with Gasteiger partial charge in [0.15, 0.2) is 10.4 Å².